The van der Waals surface area contributed by atoms with Gasteiger partial charge in [0.1, 0.15) is 12.2 Å². The molecule has 3 N–H and O–H groups in total. The summed E-state index contributed by atoms with van der Waals surface area (Å²) in [6.07, 6.45) is 2.73. The van der Waals surface area contributed by atoms with E-state index in [0.29, 0.717) is 5.69 Å². The summed E-state index contributed by atoms with van der Waals surface area (Å²) in [6, 6.07) is 0. The summed E-state index contributed by atoms with van der Waals surface area (Å²) in [5, 5.41) is 18.9. The second-order valence-electron chi connectivity index (χ2n) is 3.77. The molecule has 0 aliphatic rings. The third-order valence-corrected chi connectivity index (χ3v) is 2.34. The fraction of sp³-hybridized carbons (Fsp3) is 0.300. The minimum atomic E-state index is -1.01. The number of carboxylic acids is 1. The topological polar surface area (TPSA) is 135 Å². The Hall–Kier alpha value is -2.91. The molecule has 0 saturated heterocycles. The number of ether oxygens (including phenoxy) is 1. The van der Waals surface area contributed by atoms with Crippen LogP contribution in [0.3, 0.4) is 0 Å². The van der Waals surface area contributed by atoms with Crippen LogP contribution in [-0.4, -0.2) is 43.1 Å². The minimum absolute atomic E-state index is 0.0606. The minimum Gasteiger partial charge on any atom is -0.489 e. The lowest BCUT2D eigenvalue weighted by atomic mass is 10.4. The lowest BCUT2D eigenvalue weighted by Gasteiger charge is -2.06. The summed E-state index contributed by atoms with van der Waals surface area (Å²) in [5.74, 6) is -0.679. The molecule has 106 valence electrons. The van der Waals surface area contributed by atoms with E-state index in [2.05, 4.69) is 25.6 Å². The van der Waals surface area contributed by atoms with E-state index in [9.17, 15) is 9.59 Å². The molecule has 0 amide bonds. The number of carbonyl (C=O) groups is 1. The van der Waals surface area contributed by atoms with Crippen LogP contribution in [0.5, 0.6) is 5.75 Å². The van der Waals surface area contributed by atoms with Crippen LogP contribution in [0.15, 0.2) is 17.3 Å². The van der Waals surface area contributed by atoms with Crippen LogP contribution < -0.4 is 15.6 Å². The quantitative estimate of drug-likeness (QED) is 0.617. The van der Waals surface area contributed by atoms with Crippen molar-refractivity contribution in [2.45, 2.75) is 13.1 Å². The molecule has 2 aromatic heterocycles. The first-order valence-corrected chi connectivity index (χ1v) is 5.56. The van der Waals surface area contributed by atoms with Gasteiger partial charge in [-0.3, -0.25) is 9.59 Å². The van der Waals surface area contributed by atoms with Crippen molar-refractivity contribution in [2.24, 2.45) is 0 Å². The fourth-order valence-electron chi connectivity index (χ4n) is 1.51. The van der Waals surface area contributed by atoms with Crippen molar-refractivity contribution >= 4 is 11.8 Å². The van der Waals surface area contributed by atoms with Crippen LogP contribution in [0.1, 0.15) is 5.69 Å². The van der Waals surface area contributed by atoms with Crippen molar-refractivity contribution in [1.29, 1.82) is 0 Å². The van der Waals surface area contributed by atoms with Gasteiger partial charge in [-0.05, 0) is 0 Å². The molecule has 0 spiro atoms. The van der Waals surface area contributed by atoms with Crippen LogP contribution in [0.2, 0.25) is 0 Å². The number of aromatic nitrogens is 5. The number of nitrogens with one attached hydrogen (secondary N) is 2. The van der Waals surface area contributed by atoms with Crippen LogP contribution >= 0.6 is 0 Å². The predicted octanol–water partition coefficient (Wildman–Crippen LogP) is -0.933. The molecule has 2 heterocycles. The van der Waals surface area contributed by atoms with Gasteiger partial charge in [0.2, 0.25) is 5.75 Å². The Balaban J connectivity index is 2.05. The van der Waals surface area contributed by atoms with E-state index in [1.807, 2.05) is 0 Å². The number of carboxylic acid groups (broad SMARTS) is 1. The Morgan fingerprint density at radius 2 is 2.40 bits per heavy atom. The molecular weight excluding hydrogens is 268 g/mol. The zero-order valence-corrected chi connectivity index (χ0v) is 10.5. The summed E-state index contributed by atoms with van der Waals surface area (Å²) >= 11 is 0. The first-order valence-electron chi connectivity index (χ1n) is 5.56. The number of H-pyrrole nitrogens is 1. The Morgan fingerprint density at radius 3 is 3.10 bits per heavy atom. The van der Waals surface area contributed by atoms with Crippen molar-refractivity contribution in [3.05, 3.63) is 28.6 Å². The number of nitrogens with zero attached hydrogens (tertiary/aromatic N) is 4. The second-order valence-corrected chi connectivity index (χ2v) is 3.77. The number of anilines is 1. The third kappa shape index (κ3) is 3.10. The van der Waals surface area contributed by atoms with E-state index in [1.165, 1.54) is 24.3 Å². The molecule has 0 radical (unpaired) electrons. The highest BCUT2D eigenvalue weighted by atomic mass is 16.5. The van der Waals surface area contributed by atoms with Gasteiger partial charge in [0.05, 0.1) is 26.2 Å². The van der Waals surface area contributed by atoms with Crippen molar-refractivity contribution in [2.75, 3.05) is 12.4 Å². The van der Waals surface area contributed by atoms with E-state index in [0.717, 1.165) is 0 Å². The summed E-state index contributed by atoms with van der Waals surface area (Å²) in [5.41, 5.74) is 0.106. The Labute approximate surface area is 112 Å². The van der Waals surface area contributed by atoms with Gasteiger partial charge in [-0.15, -0.1) is 5.10 Å². The standard InChI is InChI=1S/C10H12N6O4/c1-20-8-9(12-5-13-10(8)19)11-2-6-3-16(15-14-6)4-7(17)18/h3,5H,2,4H2,1H3,(H,17,18)(H2,11,12,13,19). The van der Waals surface area contributed by atoms with E-state index < -0.39 is 11.5 Å². The number of aromatic amines is 1. The average molecular weight is 280 g/mol. The molecule has 10 heteroatoms. The van der Waals surface area contributed by atoms with Crippen LogP contribution in [0.4, 0.5) is 5.82 Å². The highest BCUT2D eigenvalue weighted by Crippen LogP contribution is 2.14. The van der Waals surface area contributed by atoms with Crippen molar-refractivity contribution in [3.8, 4) is 5.75 Å². The van der Waals surface area contributed by atoms with Crippen molar-refractivity contribution in [1.82, 2.24) is 25.0 Å². The van der Waals surface area contributed by atoms with Gasteiger partial charge in [0.15, 0.2) is 5.82 Å². The first kappa shape index (κ1) is 13.5. The largest absolute Gasteiger partial charge is 0.489 e. The Kier molecular flexibility index (Phi) is 3.93. The number of hydrogen-bond donors (Lipinski definition) is 3. The maximum atomic E-state index is 11.4. The molecule has 0 bridgehead atoms. The number of rotatable bonds is 6. The molecule has 2 aromatic rings. The van der Waals surface area contributed by atoms with Gasteiger partial charge in [-0.1, -0.05) is 5.21 Å². The zero-order chi connectivity index (χ0) is 14.5. The number of hydrogen-bond acceptors (Lipinski definition) is 7. The molecule has 2 rings (SSSR count). The monoisotopic (exact) mass is 280 g/mol. The van der Waals surface area contributed by atoms with Gasteiger partial charge < -0.3 is 20.1 Å². The number of aliphatic carboxylic acids is 1. The highest BCUT2D eigenvalue weighted by Gasteiger charge is 2.10. The molecule has 0 fully saturated rings. The normalized spacial score (nSPS) is 10.2. The van der Waals surface area contributed by atoms with E-state index >= 15 is 0 Å². The van der Waals surface area contributed by atoms with Crippen LogP contribution in [0.25, 0.3) is 0 Å². The fourth-order valence-corrected chi connectivity index (χ4v) is 1.51. The highest BCUT2D eigenvalue weighted by molar-refractivity contribution is 5.66. The molecule has 0 aromatic carbocycles. The van der Waals surface area contributed by atoms with Gasteiger partial charge in [0, 0.05) is 0 Å². The van der Waals surface area contributed by atoms with Crippen molar-refractivity contribution < 1.29 is 14.6 Å². The smallest absolute Gasteiger partial charge is 0.325 e. The molecule has 0 aliphatic heterocycles. The zero-order valence-electron chi connectivity index (χ0n) is 10.5. The Morgan fingerprint density at radius 1 is 1.60 bits per heavy atom. The third-order valence-electron chi connectivity index (χ3n) is 2.34. The molecule has 0 aliphatic carbocycles. The lowest BCUT2D eigenvalue weighted by molar-refractivity contribution is -0.137. The Bertz CT molecular complexity index is 664. The summed E-state index contributed by atoms with van der Waals surface area (Å²) in [7, 11) is 1.36. The van der Waals surface area contributed by atoms with E-state index in [1.54, 1.807) is 0 Å². The molecule has 10 nitrogen and oxygen atoms in total. The molecular formula is C10H12N6O4. The SMILES string of the molecule is COc1c(NCc2cn(CC(=O)O)nn2)nc[nH]c1=O. The van der Waals surface area contributed by atoms with Crippen molar-refractivity contribution in [3.63, 3.8) is 0 Å². The lowest BCUT2D eigenvalue weighted by Crippen LogP contribution is -2.14. The summed E-state index contributed by atoms with van der Waals surface area (Å²) < 4.78 is 6.13. The van der Waals surface area contributed by atoms with Gasteiger partial charge in [0.25, 0.3) is 5.56 Å². The summed E-state index contributed by atoms with van der Waals surface area (Å²) in [4.78, 5) is 28.3. The van der Waals surface area contributed by atoms with Gasteiger partial charge in [-0.25, -0.2) is 9.67 Å². The van der Waals surface area contributed by atoms with Crippen LogP contribution in [-0.2, 0) is 17.9 Å². The average Bonchev–Trinajstić information content (AvgIpc) is 2.83. The molecule has 0 atom stereocenters. The molecule has 0 unspecified atom stereocenters. The number of methoxy groups -OCH3 is 1. The maximum absolute atomic E-state index is 11.4. The van der Waals surface area contributed by atoms with Gasteiger partial charge in [-0.2, -0.15) is 0 Å². The first-order chi connectivity index (χ1) is 9.60. The van der Waals surface area contributed by atoms with Crippen LogP contribution in [0, 0.1) is 0 Å². The van der Waals surface area contributed by atoms with E-state index in [4.69, 9.17) is 9.84 Å². The predicted molar refractivity (Wildman–Crippen MR) is 66.4 cm³/mol. The second kappa shape index (κ2) is 5.82. The molecule has 0 saturated carbocycles. The maximum Gasteiger partial charge on any atom is 0.325 e. The summed E-state index contributed by atoms with van der Waals surface area (Å²) in [6.45, 7) is -0.0357. The van der Waals surface area contributed by atoms with E-state index in [-0.39, 0.29) is 24.7 Å². The van der Waals surface area contributed by atoms with Gasteiger partial charge >= 0.3 is 5.97 Å². The molecule has 20 heavy (non-hydrogen) atoms.